The predicted octanol–water partition coefficient (Wildman–Crippen LogP) is -0.577. The van der Waals surface area contributed by atoms with Crippen molar-refractivity contribution in [3.05, 3.63) is 11.8 Å². The van der Waals surface area contributed by atoms with Crippen LogP contribution in [-0.2, 0) is 9.53 Å². The number of carbonyl (C=O) groups is 1. The zero-order chi connectivity index (χ0) is 6.57. The molecule has 0 spiro atoms. The molecule has 0 rings (SSSR count). The van der Waals surface area contributed by atoms with Crippen molar-refractivity contribution in [2.45, 2.75) is 6.92 Å². The molecule has 0 radical (unpaired) electrons. The molecule has 8 heavy (non-hydrogen) atoms. The summed E-state index contributed by atoms with van der Waals surface area (Å²) in [6, 6.07) is 0. The largest absolute Gasteiger partial charge is 0.875 e. The lowest BCUT2D eigenvalue weighted by atomic mass is 10.5. The Bertz CT molecular complexity index is 111. The summed E-state index contributed by atoms with van der Waals surface area (Å²) in [6.45, 7) is 1.29. The van der Waals surface area contributed by atoms with Gasteiger partial charge in [0.25, 0.3) is 0 Å². The zero-order valence-corrected chi connectivity index (χ0v) is 4.80. The van der Waals surface area contributed by atoms with Gasteiger partial charge in [-0.25, -0.2) is 4.79 Å². The highest BCUT2D eigenvalue weighted by Gasteiger charge is 1.86. The zero-order valence-electron chi connectivity index (χ0n) is 4.80. The number of ether oxygens (including phenoxy) is 1. The van der Waals surface area contributed by atoms with Crippen LogP contribution in [0.2, 0.25) is 0 Å². The molecule has 0 aromatic carbocycles. The van der Waals surface area contributed by atoms with Gasteiger partial charge in [0.2, 0.25) is 0 Å². The number of methoxy groups -OCH3 is 1. The molecule has 0 saturated heterocycles. The molecule has 0 aromatic heterocycles. The molecule has 0 aromatic rings. The third-order valence-corrected chi connectivity index (χ3v) is 0.522. The summed E-state index contributed by atoms with van der Waals surface area (Å²) in [5.41, 5.74) is 0. The molecule has 0 aliphatic heterocycles. The number of rotatable bonds is 1. The standard InChI is InChI=1S/C5H8O3/c1-4(6)3-5(7)8-2/h3,6H,1-2H3/p-1. The van der Waals surface area contributed by atoms with Crippen LogP contribution in [0.15, 0.2) is 11.8 Å². The van der Waals surface area contributed by atoms with Crippen LogP contribution < -0.4 is 5.11 Å². The summed E-state index contributed by atoms with van der Waals surface area (Å²) in [4.78, 5) is 10.1. The highest BCUT2D eigenvalue weighted by atomic mass is 16.5. The van der Waals surface area contributed by atoms with E-state index in [-0.39, 0.29) is 5.76 Å². The van der Waals surface area contributed by atoms with Gasteiger partial charge in [-0.05, 0) is 0 Å². The van der Waals surface area contributed by atoms with Crippen molar-refractivity contribution < 1.29 is 14.6 Å². The molecule has 0 amide bonds. The van der Waals surface area contributed by atoms with Crippen LogP contribution >= 0.6 is 0 Å². The van der Waals surface area contributed by atoms with E-state index in [2.05, 4.69) is 4.74 Å². The van der Waals surface area contributed by atoms with E-state index >= 15 is 0 Å². The summed E-state index contributed by atoms with van der Waals surface area (Å²) in [7, 11) is 1.22. The molecule has 0 heterocycles. The quantitative estimate of drug-likeness (QED) is 0.261. The third-order valence-electron chi connectivity index (χ3n) is 0.522. The number of carbonyl (C=O) groups excluding carboxylic acids is 1. The molecule has 0 unspecified atom stereocenters. The maximum absolute atomic E-state index is 10.1. The van der Waals surface area contributed by atoms with Crippen molar-refractivity contribution in [1.82, 2.24) is 0 Å². The van der Waals surface area contributed by atoms with Crippen LogP contribution in [0, 0.1) is 0 Å². The maximum Gasteiger partial charge on any atom is 0.329 e. The maximum atomic E-state index is 10.1. The number of hydrogen-bond donors (Lipinski definition) is 0. The second-order valence-electron chi connectivity index (χ2n) is 1.28. The molecule has 0 atom stereocenters. The van der Waals surface area contributed by atoms with Gasteiger partial charge >= 0.3 is 5.97 Å². The molecule has 0 fully saturated rings. The Kier molecular flexibility index (Phi) is 2.69. The highest BCUT2D eigenvalue weighted by Crippen LogP contribution is 1.80. The van der Waals surface area contributed by atoms with Crippen LogP contribution in [0.5, 0.6) is 0 Å². The van der Waals surface area contributed by atoms with Crippen molar-refractivity contribution in [2.24, 2.45) is 0 Å². The second-order valence-corrected chi connectivity index (χ2v) is 1.28. The van der Waals surface area contributed by atoms with Gasteiger partial charge < -0.3 is 9.84 Å². The molecule has 0 saturated carbocycles. The van der Waals surface area contributed by atoms with Crippen LogP contribution in [0.1, 0.15) is 6.92 Å². The number of hydrogen-bond acceptors (Lipinski definition) is 3. The number of esters is 1. The minimum atomic E-state index is -0.600. The van der Waals surface area contributed by atoms with Crippen molar-refractivity contribution in [2.75, 3.05) is 7.11 Å². The fourth-order valence-electron chi connectivity index (χ4n) is 0.225. The molecule has 0 aliphatic rings. The Balaban J connectivity index is 3.70. The van der Waals surface area contributed by atoms with Gasteiger partial charge in [0.15, 0.2) is 0 Å². The summed E-state index contributed by atoms with van der Waals surface area (Å²) in [5, 5.41) is 10.1. The van der Waals surface area contributed by atoms with Gasteiger partial charge in [0.05, 0.1) is 7.11 Å². The normalized spacial score (nSPS) is 11.0. The average molecular weight is 115 g/mol. The van der Waals surface area contributed by atoms with E-state index in [4.69, 9.17) is 0 Å². The molecular formula is C5H7O3-. The Morgan fingerprint density at radius 2 is 2.25 bits per heavy atom. The summed E-state index contributed by atoms with van der Waals surface area (Å²) in [5.74, 6) is -0.894. The van der Waals surface area contributed by atoms with Gasteiger partial charge in [0, 0.05) is 6.08 Å². The van der Waals surface area contributed by atoms with E-state index in [0.717, 1.165) is 6.08 Å². The van der Waals surface area contributed by atoms with Crippen LogP contribution in [0.25, 0.3) is 0 Å². The first kappa shape index (κ1) is 7.01. The van der Waals surface area contributed by atoms with Gasteiger partial charge in [-0.2, -0.15) is 0 Å². The molecule has 0 bridgehead atoms. The minimum Gasteiger partial charge on any atom is -0.875 e. The van der Waals surface area contributed by atoms with Crippen LogP contribution in [0.3, 0.4) is 0 Å². The molecule has 3 nitrogen and oxygen atoms in total. The van der Waals surface area contributed by atoms with Gasteiger partial charge in [0.1, 0.15) is 0 Å². The van der Waals surface area contributed by atoms with Gasteiger partial charge in [-0.1, -0.05) is 6.92 Å². The summed E-state index contributed by atoms with van der Waals surface area (Å²) >= 11 is 0. The third kappa shape index (κ3) is 3.21. The lowest BCUT2D eigenvalue weighted by Gasteiger charge is -1.99. The Morgan fingerprint density at radius 1 is 1.75 bits per heavy atom. The predicted molar refractivity (Wildman–Crippen MR) is 25.8 cm³/mol. The first-order chi connectivity index (χ1) is 3.66. The number of allylic oxidation sites excluding steroid dienone is 1. The van der Waals surface area contributed by atoms with Crippen LogP contribution in [0.4, 0.5) is 0 Å². The molecule has 46 valence electrons. The van der Waals surface area contributed by atoms with E-state index in [0.29, 0.717) is 0 Å². The van der Waals surface area contributed by atoms with Crippen LogP contribution in [-0.4, -0.2) is 13.1 Å². The SMILES string of the molecule is COC(=O)C=C(C)[O-]. The Morgan fingerprint density at radius 3 is 2.38 bits per heavy atom. The molecule has 3 heteroatoms. The van der Waals surface area contributed by atoms with Crippen molar-refractivity contribution in [3.63, 3.8) is 0 Å². The highest BCUT2D eigenvalue weighted by molar-refractivity contribution is 5.81. The Hall–Kier alpha value is -0.990. The minimum absolute atomic E-state index is 0.295. The molecule has 0 N–H and O–H groups in total. The topological polar surface area (TPSA) is 49.4 Å². The van der Waals surface area contributed by atoms with Gasteiger partial charge in [-0.3, -0.25) is 0 Å². The second kappa shape index (κ2) is 3.07. The molecule has 0 aliphatic carbocycles. The van der Waals surface area contributed by atoms with E-state index in [1.165, 1.54) is 14.0 Å². The van der Waals surface area contributed by atoms with E-state index in [1.54, 1.807) is 0 Å². The van der Waals surface area contributed by atoms with E-state index < -0.39 is 5.97 Å². The Labute approximate surface area is 47.6 Å². The summed E-state index contributed by atoms with van der Waals surface area (Å²) in [6.07, 6.45) is 0.889. The molecular weight excluding hydrogens is 108 g/mol. The van der Waals surface area contributed by atoms with Crippen molar-refractivity contribution >= 4 is 5.97 Å². The lowest BCUT2D eigenvalue weighted by Crippen LogP contribution is -2.03. The monoisotopic (exact) mass is 115 g/mol. The first-order valence-corrected chi connectivity index (χ1v) is 2.10. The van der Waals surface area contributed by atoms with E-state index in [1.807, 2.05) is 0 Å². The fourth-order valence-corrected chi connectivity index (χ4v) is 0.225. The fraction of sp³-hybridized carbons (Fsp3) is 0.400. The lowest BCUT2D eigenvalue weighted by molar-refractivity contribution is -0.301. The van der Waals surface area contributed by atoms with Crippen molar-refractivity contribution in [3.8, 4) is 0 Å². The van der Waals surface area contributed by atoms with Crippen molar-refractivity contribution in [1.29, 1.82) is 0 Å². The smallest absolute Gasteiger partial charge is 0.329 e. The first-order valence-electron chi connectivity index (χ1n) is 2.10. The summed E-state index contributed by atoms with van der Waals surface area (Å²) < 4.78 is 4.15. The van der Waals surface area contributed by atoms with Gasteiger partial charge in [-0.15, -0.1) is 5.76 Å². The van der Waals surface area contributed by atoms with E-state index in [9.17, 15) is 9.90 Å². The average Bonchev–Trinajstić information content (AvgIpc) is 1.65.